The van der Waals surface area contributed by atoms with Crippen LogP contribution in [0.15, 0.2) is 54.9 Å². The van der Waals surface area contributed by atoms with E-state index in [0.717, 1.165) is 19.6 Å². The number of halogens is 2. The maximum absolute atomic E-state index is 13.2. The number of nitrogens with zero attached hydrogens (tertiary/aromatic N) is 5. The zero-order chi connectivity index (χ0) is 21.8. The zero-order valence-electron chi connectivity index (χ0n) is 17.2. The lowest BCUT2D eigenvalue weighted by atomic mass is 10.2. The molecule has 2 aromatic heterocycles. The number of aryl methyl sites for hydroxylation is 1. The van der Waals surface area contributed by atoms with Crippen molar-refractivity contribution < 1.29 is 9.18 Å². The van der Waals surface area contributed by atoms with Crippen molar-refractivity contribution in [3.63, 3.8) is 0 Å². The van der Waals surface area contributed by atoms with Gasteiger partial charge in [-0.25, -0.2) is 9.07 Å². The number of hydrogen-bond donors (Lipinski definition) is 0. The Balaban J connectivity index is 1.38. The average molecular weight is 440 g/mol. The van der Waals surface area contributed by atoms with Crippen LogP contribution in [0.4, 0.5) is 4.39 Å². The van der Waals surface area contributed by atoms with E-state index in [1.165, 1.54) is 17.7 Å². The Bertz CT molecular complexity index is 1070. The normalized spacial score (nSPS) is 15.0. The molecule has 0 aliphatic carbocycles. The first-order chi connectivity index (χ1) is 15.0. The molecule has 1 aliphatic heterocycles. The highest BCUT2D eigenvalue weighted by atomic mass is 35.5. The van der Waals surface area contributed by atoms with Crippen LogP contribution in [-0.4, -0.2) is 56.7 Å². The monoisotopic (exact) mass is 439 g/mol. The molecule has 8 heteroatoms. The summed E-state index contributed by atoms with van der Waals surface area (Å²) in [6, 6.07) is 9.96. The number of carbonyl (C=O) groups is 1. The number of carbonyl (C=O) groups excluding carboxylic acids is 1. The Labute approximate surface area is 185 Å². The zero-order valence-corrected chi connectivity index (χ0v) is 18.0. The van der Waals surface area contributed by atoms with Crippen molar-refractivity contribution in [2.45, 2.75) is 13.5 Å². The second-order valence-electron chi connectivity index (χ2n) is 7.47. The van der Waals surface area contributed by atoms with Gasteiger partial charge >= 0.3 is 0 Å². The van der Waals surface area contributed by atoms with Crippen molar-refractivity contribution in [1.82, 2.24) is 24.6 Å². The van der Waals surface area contributed by atoms with E-state index in [0.29, 0.717) is 35.2 Å². The predicted octanol–water partition coefficient (Wildman–Crippen LogP) is 3.73. The van der Waals surface area contributed by atoms with Crippen molar-refractivity contribution >= 4 is 23.6 Å². The Morgan fingerprint density at radius 1 is 1.10 bits per heavy atom. The van der Waals surface area contributed by atoms with E-state index in [4.69, 9.17) is 11.6 Å². The third-order valence-electron chi connectivity index (χ3n) is 5.35. The lowest BCUT2D eigenvalue weighted by molar-refractivity contribution is -0.127. The predicted molar refractivity (Wildman–Crippen MR) is 118 cm³/mol. The molecule has 1 amide bonds. The number of rotatable bonds is 5. The smallest absolute Gasteiger partial charge is 0.246 e. The highest BCUT2D eigenvalue weighted by Crippen LogP contribution is 2.25. The third kappa shape index (κ3) is 5.00. The molecule has 160 valence electrons. The summed E-state index contributed by atoms with van der Waals surface area (Å²) in [5.41, 5.74) is 3.25. The molecule has 6 nitrogen and oxygen atoms in total. The fourth-order valence-electron chi connectivity index (χ4n) is 3.59. The first-order valence-corrected chi connectivity index (χ1v) is 10.5. The van der Waals surface area contributed by atoms with Crippen LogP contribution in [0.1, 0.15) is 16.8 Å². The number of pyridine rings is 1. The number of piperazine rings is 1. The minimum atomic E-state index is -0.324. The summed E-state index contributed by atoms with van der Waals surface area (Å²) in [4.78, 5) is 20.9. The Hall–Kier alpha value is -3.03. The van der Waals surface area contributed by atoms with Crippen molar-refractivity contribution in [1.29, 1.82) is 0 Å². The molecule has 0 spiro atoms. The molecule has 0 bridgehead atoms. The van der Waals surface area contributed by atoms with Crippen LogP contribution >= 0.6 is 11.6 Å². The summed E-state index contributed by atoms with van der Waals surface area (Å²) >= 11 is 6.49. The number of hydrogen-bond acceptors (Lipinski definition) is 4. The molecular formula is C23H23ClFN5O. The lowest BCUT2D eigenvalue weighted by Crippen LogP contribution is -2.47. The SMILES string of the molecule is Cc1nn(-c2ccc(F)cc2)c(Cl)c1/C=C/C(=O)N1CCN(Cc2ccncc2)CC1. The molecule has 0 saturated carbocycles. The van der Waals surface area contributed by atoms with Gasteiger partial charge in [-0.2, -0.15) is 5.10 Å². The van der Waals surface area contributed by atoms with Gasteiger partial charge in [-0.05, 0) is 55.0 Å². The molecule has 1 aliphatic rings. The van der Waals surface area contributed by atoms with Crippen LogP contribution in [0.3, 0.4) is 0 Å². The van der Waals surface area contributed by atoms with Gasteiger partial charge in [-0.3, -0.25) is 14.7 Å². The molecule has 4 rings (SSSR count). The molecule has 1 saturated heterocycles. The van der Waals surface area contributed by atoms with Crippen LogP contribution in [-0.2, 0) is 11.3 Å². The Morgan fingerprint density at radius 3 is 2.45 bits per heavy atom. The van der Waals surface area contributed by atoms with Gasteiger partial charge in [0.15, 0.2) is 0 Å². The molecule has 3 aromatic rings. The Kier molecular flexibility index (Phi) is 6.44. The van der Waals surface area contributed by atoms with Gasteiger partial charge in [0.2, 0.25) is 5.91 Å². The first-order valence-electron chi connectivity index (χ1n) is 10.1. The minimum absolute atomic E-state index is 0.0476. The van der Waals surface area contributed by atoms with Crippen molar-refractivity contribution in [2.75, 3.05) is 26.2 Å². The summed E-state index contributed by atoms with van der Waals surface area (Å²) in [5, 5.41) is 4.81. The van der Waals surface area contributed by atoms with E-state index in [1.807, 2.05) is 24.0 Å². The topological polar surface area (TPSA) is 54.3 Å². The molecular weight excluding hydrogens is 417 g/mol. The van der Waals surface area contributed by atoms with Crippen LogP contribution in [0.2, 0.25) is 5.15 Å². The standard InChI is InChI=1S/C23H23ClFN5O/c1-17-21(23(24)30(27-17)20-4-2-19(25)3-5-20)6-7-22(31)29-14-12-28(13-15-29)16-18-8-10-26-11-9-18/h2-11H,12-16H2,1H3/b7-6+. The Morgan fingerprint density at radius 2 is 1.77 bits per heavy atom. The summed E-state index contributed by atoms with van der Waals surface area (Å²) in [6.45, 7) is 5.69. The van der Waals surface area contributed by atoms with Gasteiger partial charge in [-0.15, -0.1) is 0 Å². The van der Waals surface area contributed by atoms with E-state index in [-0.39, 0.29) is 11.7 Å². The van der Waals surface area contributed by atoms with Crippen LogP contribution < -0.4 is 0 Å². The average Bonchev–Trinajstić information content (AvgIpc) is 3.07. The van der Waals surface area contributed by atoms with Crippen molar-refractivity contribution in [3.05, 3.63) is 82.7 Å². The van der Waals surface area contributed by atoms with Gasteiger partial charge in [-0.1, -0.05) is 11.6 Å². The van der Waals surface area contributed by atoms with Crippen LogP contribution in [0.5, 0.6) is 0 Å². The van der Waals surface area contributed by atoms with Gasteiger partial charge in [0.25, 0.3) is 0 Å². The fourth-order valence-corrected chi connectivity index (χ4v) is 3.92. The number of aromatic nitrogens is 3. The second kappa shape index (κ2) is 9.41. The number of amides is 1. The van der Waals surface area contributed by atoms with E-state index in [9.17, 15) is 9.18 Å². The molecule has 1 fully saturated rings. The lowest BCUT2D eigenvalue weighted by Gasteiger charge is -2.34. The summed E-state index contributed by atoms with van der Waals surface area (Å²) in [5.74, 6) is -0.371. The van der Waals surface area contributed by atoms with Gasteiger partial charge in [0.05, 0.1) is 11.4 Å². The van der Waals surface area contributed by atoms with Gasteiger partial charge < -0.3 is 4.90 Å². The molecule has 0 atom stereocenters. The van der Waals surface area contributed by atoms with Crippen LogP contribution in [0.25, 0.3) is 11.8 Å². The molecule has 0 unspecified atom stereocenters. The highest BCUT2D eigenvalue weighted by molar-refractivity contribution is 6.31. The molecule has 3 heterocycles. The highest BCUT2D eigenvalue weighted by Gasteiger charge is 2.20. The quantitative estimate of drug-likeness (QED) is 0.568. The minimum Gasteiger partial charge on any atom is -0.337 e. The first kappa shape index (κ1) is 21.2. The van der Waals surface area contributed by atoms with Gasteiger partial charge in [0, 0.05) is 56.8 Å². The maximum Gasteiger partial charge on any atom is 0.246 e. The van der Waals surface area contributed by atoms with Crippen LogP contribution in [0, 0.1) is 12.7 Å². The fraction of sp³-hybridized carbons (Fsp3) is 0.261. The molecule has 31 heavy (non-hydrogen) atoms. The summed E-state index contributed by atoms with van der Waals surface area (Å²) in [7, 11) is 0. The molecule has 1 aromatic carbocycles. The third-order valence-corrected chi connectivity index (χ3v) is 5.71. The van der Waals surface area contributed by atoms with E-state index in [1.54, 1.807) is 41.4 Å². The molecule has 0 radical (unpaired) electrons. The second-order valence-corrected chi connectivity index (χ2v) is 7.83. The largest absolute Gasteiger partial charge is 0.337 e. The summed E-state index contributed by atoms with van der Waals surface area (Å²) < 4.78 is 14.7. The van der Waals surface area contributed by atoms with E-state index < -0.39 is 0 Å². The summed E-state index contributed by atoms with van der Waals surface area (Å²) in [6.07, 6.45) is 6.84. The van der Waals surface area contributed by atoms with E-state index in [2.05, 4.69) is 15.0 Å². The molecule has 0 N–H and O–H groups in total. The maximum atomic E-state index is 13.2. The number of benzene rings is 1. The van der Waals surface area contributed by atoms with E-state index >= 15 is 0 Å². The van der Waals surface area contributed by atoms with Gasteiger partial charge in [0.1, 0.15) is 11.0 Å². The van der Waals surface area contributed by atoms with Crippen molar-refractivity contribution in [2.24, 2.45) is 0 Å². The van der Waals surface area contributed by atoms with Crippen molar-refractivity contribution in [3.8, 4) is 5.69 Å².